The lowest BCUT2D eigenvalue weighted by Crippen LogP contribution is -2.35. The van der Waals surface area contributed by atoms with E-state index in [9.17, 15) is 14.0 Å². The summed E-state index contributed by atoms with van der Waals surface area (Å²) in [5.74, 6) is -0.625. The fourth-order valence-corrected chi connectivity index (χ4v) is 2.36. The molecule has 0 saturated heterocycles. The van der Waals surface area contributed by atoms with Gasteiger partial charge in [0.05, 0.1) is 11.3 Å². The third kappa shape index (κ3) is 5.00. The van der Waals surface area contributed by atoms with Crippen LogP contribution in [0.5, 0.6) is 0 Å². The summed E-state index contributed by atoms with van der Waals surface area (Å²) in [6, 6.07) is 9.35. The zero-order valence-corrected chi connectivity index (χ0v) is 12.1. The van der Waals surface area contributed by atoms with Gasteiger partial charge in [0.1, 0.15) is 5.82 Å². The highest BCUT2D eigenvalue weighted by molar-refractivity contribution is 7.12. The molecule has 0 aliphatic carbocycles. The molecule has 0 bridgehead atoms. The molecule has 0 aliphatic rings. The summed E-state index contributed by atoms with van der Waals surface area (Å²) in [7, 11) is 0. The summed E-state index contributed by atoms with van der Waals surface area (Å²) in [6.07, 6.45) is 0.194. The molecule has 0 radical (unpaired) electrons. The predicted molar refractivity (Wildman–Crippen MR) is 79.8 cm³/mol. The summed E-state index contributed by atoms with van der Waals surface area (Å²) in [5.41, 5.74) is 0.747. The van der Waals surface area contributed by atoms with E-state index in [0.29, 0.717) is 18.0 Å². The van der Waals surface area contributed by atoms with Crippen LogP contribution in [0.15, 0.2) is 41.8 Å². The van der Waals surface area contributed by atoms with Crippen LogP contribution >= 0.6 is 11.3 Å². The van der Waals surface area contributed by atoms with Crippen molar-refractivity contribution >= 4 is 23.2 Å². The van der Waals surface area contributed by atoms with Gasteiger partial charge in [-0.05, 0) is 29.1 Å². The molecule has 2 amide bonds. The first-order valence-electron chi connectivity index (χ1n) is 6.48. The van der Waals surface area contributed by atoms with E-state index in [1.54, 1.807) is 18.2 Å². The van der Waals surface area contributed by atoms with Gasteiger partial charge in [0.2, 0.25) is 5.91 Å². The summed E-state index contributed by atoms with van der Waals surface area (Å²) in [5, 5.41) is 7.25. The van der Waals surface area contributed by atoms with Gasteiger partial charge in [0, 0.05) is 13.1 Å². The van der Waals surface area contributed by atoms with Crippen LogP contribution in [0, 0.1) is 5.82 Å². The van der Waals surface area contributed by atoms with Crippen molar-refractivity contribution in [1.82, 2.24) is 10.6 Å². The first kappa shape index (κ1) is 15.2. The monoisotopic (exact) mass is 306 g/mol. The molecule has 2 rings (SSSR count). The molecule has 110 valence electrons. The Kier molecular flexibility index (Phi) is 5.45. The normalized spacial score (nSPS) is 10.1. The van der Waals surface area contributed by atoms with Crippen LogP contribution in [0.25, 0.3) is 0 Å². The van der Waals surface area contributed by atoms with Crippen molar-refractivity contribution in [2.24, 2.45) is 0 Å². The largest absolute Gasteiger partial charge is 0.354 e. The lowest BCUT2D eigenvalue weighted by molar-refractivity contribution is -0.120. The highest BCUT2D eigenvalue weighted by Gasteiger charge is 2.06. The maximum Gasteiger partial charge on any atom is 0.261 e. The Bertz CT molecular complexity index is 597. The Morgan fingerprint density at radius 1 is 1.05 bits per heavy atom. The number of amides is 2. The Labute approximate surface area is 126 Å². The SMILES string of the molecule is O=C(Cc1ccc(F)cc1)NCCNC(=O)c1cccs1. The summed E-state index contributed by atoms with van der Waals surface area (Å²) in [4.78, 5) is 23.9. The van der Waals surface area contributed by atoms with E-state index < -0.39 is 0 Å². The molecule has 0 saturated carbocycles. The van der Waals surface area contributed by atoms with E-state index in [0.717, 1.165) is 5.56 Å². The molecule has 0 unspecified atom stereocenters. The predicted octanol–water partition coefficient (Wildman–Crippen LogP) is 1.98. The Hall–Kier alpha value is -2.21. The molecular formula is C15H15FN2O2S. The number of carbonyl (C=O) groups is 2. The number of hydrogen-bond donors (Lipinski definition) is 2. The van der Waals surface area contributed by atoms with Gasteiger partial charge in [0.25, 0.3) is 5.91 Å². The quantitative estimate of drug-likeness (QED) is 0.802. The summed E-state index contributed by atoms with van der Waals surface area (Å²) in [6.45, 7) is 0.725. The van der Waals surface area contributed by atoms with Crippen LogP contribution in [0.4, 0.5) is 4.39 Å². The van der Waals surface area contributed by atoms with E-state index in [2.05, 4.69) is 10.6 Å². The number of carbonyl (C=O) groups excluding carboxylic acids is 2. The minimum atomic E-state index is -0.324. The molecule has 21 heavy (non-hydrogen) atoms. The third-order valence-corrected chi connectivity index (χ3v) is 3.62. The van der Waals surface area contributed by atoms with Crippen molar-refractivity contribution in [1.29, 1.82) is 0 Å². The average molecular weight is 306 g/mol. The molecule has 2 aromatic rings. The van der Waals surface area contributed by atoms with E-state index >= 15 is 0 Å². The lowest BCUT2D eigenvalue weighted by Gasteiger charge is -2.06. The van der Waals surface area contributed by atoms with Crippen LogP contribution < -0.4 is 10.6 Å². The smallest absolute Gasteiger partial charge is 0.261 e. The maximum atomic E-state index is 12.7. The minimum absolute atomic E-state index is 0.141. The molecule has 0 spiro atoms. The van der Waals surface area contributed by atoms with Gasteiger partial charge in [-0.15, -0.1) is 11.3 Å². The van der Waals surface area contributed by atoms with Crippen LogP contribution in [0.3, 0.4) is 0 Å². The highest BCUT2D eigenvalue weighted by atomic mass is 32.1. The third-order valence-electron chi connectivity index (χ3n) is 2.76. The second-order valence-corrected chi connectivity index (χ2v) is 5.33. The number of thiophene rings is 1. The van der Waals surface area contributed by atoms with Gasteiger partial charge >= 0.3 is 0 Å². The molecule has 1 aromatic heterocycles. The second kappa shape index (κ2) is 7.54. The standard InChI is InChI=1S/C15H15FN2O2S/c16-12-5-3-11(4-6-12)10-14(19)17-7-8-18-15(20)13-2-1-9-21-13/h1-6,9H,7-8,10H2,(H,17,19)(H,18,20). The van der Waals surface area contributed by atoms with Crippen LogP contribution in [-0.4, -0.2) is 24.9 Å². The van der Waals surface area contributed by atoms with Crippen molar-refractivity contribution in [2.45, 2.75) is 6.42 Å². The van der Waals surface area contributed by atoms with Crippen molar-refractivity contribution in [3.63, 3.8) is 0 Å². The molecule has 0 fully saturated rings. The van der Waals surface area contributed by atoms with Gasteiger partial charge < -0.3 is 10.6 Å². The van der Waals surface area contributed by atoms with Gasteiger partial charge in [0.15, 0.2) is 0 Å². The fraction of sp³-hybridized carbons (Fsp3) is 0.200. The van der Waals surface area contributed by atoms with Gasteiger partial charge in [-0.1, -0.05) is 18.2 Å². The van der Waals surface area contributed by atoms with E-state index in [4.69, 9.17) is 0 Å². The van der Waals surface area contributed by atoms with Gasteiger partial charge in [-0.2, -0.15) is 0 Å². The van der Waals surface area contributed by atoms with Crippen molar-refractivity contribution in [2.75, 3.05) is 13.1 Å². The molecule has 6 heteroatoms. The molecular weight excluding hydrogens is 291 g/mol. The van der Waals surface area contributed by atoms with Gasteiger partial charge in [-0.3, -0.25) is 9.59 Å². The molecule has 1 aromatic carbocycles. The zero-order valence-electron chi connectivity index (χ0n) is 11.3. The molecule has 1 heterocycles. The Morgan fingerprint density at radius 3 is 2.43 bits per heavy atom. The van der Waals surface area contributed by atoms with Crippen molar-refractivity contribution in [3.8, 4) is 0 Å². The molecule has 0 atom stereocenters. The average Bonchev–Trinajstić information content (AvgIpc) is 3.00. The van der Waals surface area contributed by atoms with Crippen LogP contribution in [0.1, 0.15) is 15.2 Å². The molecule has 0 aliphatic heterocycles. The van der Waals surface area contributed by atoms with Gasteiger partial charge in [-0.25, -0.2) is 4.39 Å². The topological polar surface area (TPSA) is 58.2 Å². The first-order chi connectivity index (χ1) is 10.1. The lowest BCUT2D eigenvalue weighted by atomic mass is 10.1. The second-order valence-electron chi connectivity index (χ2n) is 4.39. The fourth-order valence-electron chi connectivity index (χ4n) is 1.72. The highest BCUT2D eigenvalue weighted by Crippen LogP contribution is 2.07. The number of rotatable bonds is 6. The number of nitrogens with one attached hydrogen (secondary N) is 2. The minimum Gasteiger partial charge on any atom is -0.354 e. The summed E-state index contributed by atoms with van der Waals surface area (Å²) < 4.78 is 12.7. The van der Waals surface area contributed by atoms with Crippen LogP contribution in [-0.2, 0) is 11.2 Å². The van der Waals surface area contributed by atoms with Crippen molar-refractivity contribution in [3.05, 3.63) is 58.0 Å². The van der Waals surface area contributed by atoms with Crippen LogP contribution in [0.2, 0.25) is 0 Å². The molecule has 2 N–H and O–H groups in total. The summed E-state index contributed by atoms with van der Waals surface area (Å²) >= 11 is 1.37. The Balaban J connectivity index is 1.65. The number of halogens is 1. The number of hydrogen-bond acceptors (Lipinski definition) is 3. The van der Waals surface area contributed by atoms with E-state index in [1.165, 1.54) is 23.5 Å². The molecule has 4 nitrogen and oxygen atoms in total. The Morgan fingerprint density at radius 2 is 1.76 bits per heavy atom. The van der Waals surface area contributed by atoms with E-state index in [-0.39, 0.29) is 24.1 Å². The van der Waals surface area contributed by atoms with E-state index in [1.807, 2.05) is 11.4 Å². The maximum absolute atomic E-state index is 12.7. The number of benzene rings is 1. The zero-order chi connectivity index (χ0) is 15.1. The van der Waals surface area contributed by atoms with Crippen molar-refractivity contribution < 1.29 is 14.0 Å². The first-order valence-corrected chi connectivity index (χ1v) is 7.36.